The van der Waals surface area contributed by atoms with Gasteiger partial charge in [-0.2, -0.15) is 10.2 Å². The smallest absolute Gasteiger partial charge is 0.220 e. The average Bonchev–Trinajstić information content (AvgIpc) is 3.61. The maximum atomic E-state index is 11.7. The highest BCUT2D eigenvalue weighted by molar-refractivity contribution is 5.79. The van der Waals surface area contributed by atoms with Crippen molar-refractivity contribution in [2.75, 3.05) is 6.54 Å². The molecule has 1 amide bonds. The van der Waals surface area contributed by atoms with E-state index in [-0.39, 0.29) is 11.3 Å². The Labute approximate surface area is 198 Å². The summed E-state index contributed by atoms with van der Waals surface area (Å²) in [5, 5.41) is 11.9. The zero-order valence-corrected chi connectivity index (χ0v) is 19.2. The van der Waals surface area contributed by atoms with Crippen LogP contribution in [0.5, 0.6) is 0 Å². The summed E-state index contributed by atoms with van der Waals surface area (Å²) in [6.45, 7) is 0.831. The van der Waals surface area contributed by atoms with Crippen molar-refractivity contribution in [1.82, 2.24) is 34.8 Å². The Kier molecular flexibility index (Phi) is 5.01. The third-order valence-electron chi connectivity index (χ3n) is 7.33. The van der Waals surface area contributed by atoms with Crippen LogP contribution in [0, 0.1) is 5.41 Å². The first kappa shape index (κ1) is 20.8. The summed E-state index contributed by atoms with van der Waals surface area (Å²) in [6.07, 6.45) is 16.5. The van der Waals surface area contributed by atoms with Crippen LogP contribution in [-0.4, -0.2) is 42.0 Å². The predicted molar refractivity (Wildman–Crippen MR) is 128 cm³/mol. The lowest BCUT2D eigenvalue weighted by molar-refractivity contribution is -0.119. The lowest BCUT2D eigenvalue weighted by Gasteiger charge is -2.35. The fourth-order valence-electron chi connectivity index (χ4n) is 5.31. The van der Waals surface area contributed by atoms with Gasteiger partial charge in [0.1, 0.15) is 0 Å². The van der Waals surface area contributed by atoms with Crippen LogP contribution >= 0.6 is 0 Å². The van der Waals surface area contributed by atoms with E-state index in [9.17, 15) is 4.79 Å². The Bertz CT molecular complexity index is 1330. The fourth-order valence-corrected chi connectivity index (χ4v) is 5.31. The van der Waals surface area contributed by atoms with Crippen molar-refractivity contribution in [3.8, 4) is 33.6 Å². The molecule has 34 heavy (non-hydrogen) atoms. The Morgan fingerprint density at radius 1 is 0.912 bits per heavy atom. The summed E-state index contributed by atoms with van der Waals surface area (Å²) in [5.74, 6) is 0.895. The van der Waals surface area contributed by atoms with Crippen molar-refractivity contribution in [2.24, 2.45) is 12.5 Å². The molecule has 1 spiro atoms. The Balaban J connectivity index is 1.16. The highest BCUT2D eigenvalue weighted by Gasteiger charge is 2.41. The highest BCUT2D eigenvalue weighted by atomic mass is 16.1. The van der Waals surface area contributed by atoms with Crippen molar-refractivity contribution in [2.45, 2.75) is 38.1 Å². The van der Waals surface area contributed by atoms with Crippen LogP contribution in [0.3, 0.4) is 0 Å². The van der Waals surface area contributed by atoms with Gasteiger partial charge in [0.15, 0.2) is 5.82 Å². The van der Waals surface area contributed by atoms with E-state index in [4.69, 9.17) is 0 Å². The number of nitrogens with one attached hydrogen (secondary N) is 1. The lowest BCUT2D eigenvalue weighted by atomic mass is 9.72. The molecule has 0 bridgehead atoms. The van der Waals surface area contributed by atoms with E-state index >= 15 is 0 Å². The van der Waals surface area contributed by atoms with E-state index in [1.807, 2.05) is 50.2 Å². The van der Waals surface area contributed by atoms with Crippen LogP contribution in [-0.2, 0) is 11.8 Å². The number of aromatic nitrogens is 6. The molecule has 4 aromatic rings. The maximum Gasteiger partial charge on any atom is 0.220 e. The molecular weight excluding hydrogens is 426 g/mol. The molecule has 0 unspecified atom stereocenters. The van der Waals surface area contributed by atoms with Gasteiger partial charge in [0.2, 0.25) is 5.91 Å². The Morgan fingerprint density at radius 3 is 2.35 bits per heavy atom. The third-order valence-corrected chi connectivity index (χ3v) is 7.33. The van der Waals surface area contributed by atoms with Gasteiger partial charge in [-0.05, 0) is 42.7 Å². The second-order valence-corrected chi connectivity index (χ2v) is 9.67. The molecule has 3 aromatic heterocycles. The standard InChI is InChI=1S/C26H27N7O/c1-32-15-21(13-30-32)18-3-2-4-19(9-18)25-27-11-20(12-28-25)22-14-31-33(16-22)23-5-7-26(8-6-23)10-24(34)29-17-26/h2-4,9,11-16,23H,5-8,10,17H2,1H3,(H,29,34)/t23-,26+. The van der Waals surface area contributed by atoms with Gasteiger partial charge in [-0.3, -0.25) is 14.2 Å². The minimum absolute atomic E-state index is 0.168. The Hall–Kier alpha value is -3.81. The molecule has 8 heteroatoms. The molecule has 172 valence electrons. The molecule has 4 heterocycles. The first-order chi connectivity index (χ1) is 16.6. The van der Waals surface area contributed by atoms with Crippen LogP contribution in [0.1, 0.15) is 38.1 Å². The molecule has 2 fully saturated rings. The van der Waals surface area contributed by atoms with Crippen LogP contribution < -0.4 is 5.32 Å². The number of benzene rings is 1. The zero-order chi connectivity index (χ0) is 23.1. The van der Waals surface area contributed by atoms with Gasteiger partial charge in [0.25, 0.3) is 0 Å². The molecule has 0 atom stereocenters. The SMILES string of the molecule is Cn1cc(-c2cccc(-c3ncc(-c4cnn([C@H]5CC[C@]6(CC5)CNC(=O)C6)c4)cn3)c2)cn1. The largest absolute Gasteiger partial charge is 0.356 e. The van der Waals surface area contributed by atoms with Crippen LogP contribution in [0.2, 0.25) is 0 Å². The van der Waals surface area contributed by atoms with E-state index in [1.165, 1.54) is 0 Å². The number of hydrogen-bond acceptors (Lipinski definition) is 5. The van der Waals surface area contributed by atoms with Gasteiger partial charge in [-0.1, -0.05) is 18.2 Å². The van der Waals surface area contributed by atoms with Gasteiger partial charge in [0, 0.05) is 67.1 Å². The molecule has 1 saturated heterocycles. The fraction of sp³-hybridized carbons (Fsp3) is 0.346. The summed E-state index contributed by atoms with van der Waals surface area (Å²) in [7, 11) is 1.91. The molecule has 0 radical (unpaired) electrons. The number of rotatable bonds is 4. The van der Waals surface area contributed by atoms with E-state index in [2.05, 4.69) is 48.5 Å². The minimum Gasteiger partial charge on any atom is -0.356 e. The number of nitrogens with zero attached hydrogens (tertiary/aromatic N) is 6. The lowest BCUT2D eigenvalue weighted by Crippen LogP contribution is -2.30. The minimum atomic E-state index is 0.168. The summed E-state index contributed by atoms with van der Waals surface area (Å²) in [4.78, 5) is 21.0. The average molecular weight is 454 g/mol. The summed E-state index contributed by atoms with van der Waals surface area (Å²) < 4.78 is 3.88. The molecule has 8 nitrogen and oxygen atoms in total. The summed E-state index contributed by atoms with van der Waals surface area (Å²) in [6, 6.07) is 8.58. The Morgan fingerprint density at radius 2 is 1.65 bits per heavy atom. The van der Waals surface area contributed by atoms with E-state index in [0.29, 0.717) is 18.3 Å². The zero-order valence-electron chi connectivity index (χ0n) is 19.2. The summed E-state index contributed by atoms with van der Waals surface area (Å²) in [5.41, 5.74) is 5.27. The molecule has 1 N–H and O–H groups in total. The predicted octanol–water partition coefficient (Wildman–Crippen LogP) is 4.03. The molecule has 6 rings (SSSR count). The van der Waals surface area contributed by atoms with Crippen LogP contribution in [0.25, 0.3) is 33.6 Å². The van der Waals surface area contributed by atoms with Crippen molar-refractivity contribution in [3.05, 3.63) is 61.4 Å². The van der Waals surface area contributed by atoms with Crippen molar-refractivity contribution in [1.29, 1.82) is 0 Å². The first-order valence-corrected chi connectivity index (χ1v) is 11.8. The van der Waals surface area contributed by atoms with Crippen molar-refractivity contribution < 1.29 is 4.79 Å². The first-order valence-electron chi connectivity index (χ1n) is 11.8. The number of hydrogen-bond donors (Lipinski definition) is 1. The second-order valence-electron chi connectivity index (χ2n) is 9.67. The molecule has 1 aliphatic heterocycles. The second kappa shape index (κ2) is 8.20. The van der Waals surface area contributed by atoms with E-state index in [0.717, 1.165) is 60.0 Å². The summed E-state index contributed by atoms with van der Waals surface area (Å²) >= 11 is 0. The highest BCUT2D eigenvalue weighted by Crippen LogP contribution is 2.45. The monoisotopic (exact) mass is 453 g/mol. The topological polar surface area (TPSA) is 90.5 Å². The maximum absolute atomic E-state index is 11.7. The number of carbonyl (C=O) groups excluding carboxylic acids is 1. The van der Waals surface area contributed by atoms with Crippen LogP contribution in [0.4, 0.5) is 0 Å². The number of amides is 1. The molecule has 1 saturated carbocycles. The molecular formula is C26H27N7O. The third kappa shape index (κ3) is 3.89. The molecule has 2 aliphatic rings. The van der Waals surface area contributed by atoms with Crippen molar-refractivity contribution in [3.63, 3.8) is 0 Å². The quantitative estimate of drug-likeness (QED) is 0.504. The molecule has 1 aliphatic carbocycles. The van der Waals surface area contributed by atoms with Gasteiger partial charge in [-0.25, -0.2) is 9.97 Å². The normalized spacial score (nSPS) is 22.3. The number of carbonyl (C=O) groups is 1. The van der Waals surface area contributed by atoms with E-state index in [1.54, 1.807) is 4.68 Å². The van der Waals surface area contributed by atoms with Gasteiger partial charge >= 0.3 is 0 Å². The van der Waals surface area contributed by atoms with E-state index < -0.39 is 0 Å². The number of aryl methyl sites for hydroxylation is 1. The van der Waals surface area contributed by atoms with Gasteiger partial charge < -0.3 is 5.32 Å². The van der Waals surface area contributed by atoms with Crippen molar-refractivity contribution >= 4 is 5.91 Å². The van der Waals surface area contributed by atoms with Crippen LogP contribution in [0.15, 0.2) is 61.4 Å². The molecule has 1 aromatic carbocycles. The van der Waals surface area contributed by atoms with Gasteiger partial charge in [0.05, 0.1) is 18.4 Å². The van der Waals surface area contributed by atoms with Gasteiger partial charge in [-0.15, -0.1) is 0 Å².